The highest BCUT2D eigenvalue weighted by Gasteiger charge is 2.20. The molecule has 0 spiro atoms. The van der Waals surface area contributed by atoms with Crippen LogP contribution in [0.2, 0.25) is 0 Å². The van der Waals surface area contributed by atoms with Gasteiger partial charge in [-0.05, 0) is 92.0 Å². The maximum absolute atomic E-state index is 9.90. The summed E-state index contributed by atoms with van der Waals surface area (Å²) in [5.41, 5.74) is -11.7. The fraction of sp³-hybridized carbons (Fsp3) is 0. The number of anilines is 3. The Morgan fingerprint density at radius 2 is 1.06 bits per heavy atom. The van der Waals surface area contributed by atoms with Crippen molar-refractivity contribution in [2.24, 2.45) is 0 Å². The largest absolute Gasteiger partial charge is 0.455 e. The number of benzene rings is 8. The van der Waals surface area contributed by atoms with Gasteiger partial charge in [-0.25, -0.2) is 0 Å². The van der Waals surface area contributed by atoms with Crippen molar-refractivity contribution in [1.82, 2.24) is 0 Å². The highest BCUT2D eigenvalue weighted by Crippen LogP contribution is 2.43. The molecule has 0 saturated carbocycles. The van der Waals surface area contributed by atoms with Gasteiger partial charge in [0.1, 0.15) is 11.2 Å². The first-order chi connectivity index (χ1) is 39.6. The topological polar surface area (TPSA) is 16.4 Å². The normalized spacial score (nSPS) is 21.0. The summed E-state index contributed by atoms with van der Waals surface area (Å²) in [6.45, 7) is 0.777. The number of furan rings is 1. The van der Waals surface area contributed by atoms with Gasteiger partial charge < -0.3 is 9.32 Å². The van der Waals surface area contributed by atoms with E-state index in [1.165, 1.54) is 0 Å². The van der Waals surface area contributed by atoms with Crippen molar-refractivity contribution in [2.45, 2.75) is 0 Å². The highest BCUT2D eigenvalue weighted by molar-refractivity contribution is 6.11. The molecule has 0 bridgehead atoms. The molecule has 0 aliphatic rings. The van der Waals surface area contributed by atoms with Crippen LogP contribution in [-0.4, -0.2) is 0 Å². The van der Waals surface area contributed by atoms with Crippen LogP contribution in [0.4, 0.5) is 17.1 Å². The zero-order valence-corrected chi connectivity index (χ0v) is 26.0. The summed E-state index contributed by atoms with van der Waals surface area (Å²) in [5, 5.41) is -2.76. The average Bonchev–Trinajstić information content (AvgIpc) is 1.82. The minimum absolute atomic E-state index is 0.303. The van der Waals surface area contributed by atoms with E-state index in [0.717, 1.165) is 0 Å². The third-order valence-corrected chi connectivity index (χ3v) is 7.67. The first kappa shape index (κ1) is 11.8. The van der Waals surface area contributed by atoms with E-state index in [9.17, 15) is 16.4 Å². The molecule has 0 saturated heterocycles. The van der Waals surface area contributed by atoms with Gasteiger partial charge in [0.05, 0.1) is 45.2 Å². The van der Waals surface area contributed by atoms with E-state index in [-0.39, 0.29) is 0 Å². The monoisotopic (exact) mass is 698 g/mol. The standard InChI is InChI=1S/C50H35NO/c1-3-42-43(4-2)50-48(33-47(42)37-16-9-6-10-17-37)46-31-30-41(32-49(46)52-50)51(39-26-22-35(23-27-39)34-14-7-5-8-15-34)40-28-24-38(25-29-40)45-21-13-19-36-18-11-12-20-44(36)45/h3-33H,1-2H2/i1D,2D,3D,4D,5D,6D,7D,8D,9D,10D,11D,12D,13D,14D,15D,16D,17D,18D,19D,20D,21D,22D,23D,24D,25D,26D,27D,28D,29D,30D,31D,32D,33D. The predicted octanol–water partition coefficient (Wildman–Crippen LogP) is 14.5. The summed E-state index contributed by atoms with van der Waals surface area (Å²) in [4.78, 5) is 0.303. The maximum atomic E-state index is 9.90. The lowest BCUT2D eigenvalue weighted by Crippen LogP contribution is -2.09. The van der Waals surface area contributed by atoms with E-state index < -0.39 is 282 Å². The summed E-state index contributed by atoms with van der Waals surface area (Å²) in [7, 11) is 0. The molecule has 9 aromatic rings. The second-order valence-electron chi connectivity index (χ2n) is 10.6. The quantitative estimate of drug-likeness (QED) is 0.157. The number of rotatable bonds is 8. The van der Waals surface area contributed by atoms with E-state index in [0.29, 0.717) is 18.0 Å². The van der Waals surface area contributed by atoms with Gasteiger partial charge in [0, 0.05) is 39.4 Å². The summed E-state index contributed by atoms with van der Waals surface area (Å²) in [6.07, 6.45) is 0. The average molecular weight is 699 g/mol. The Morgan fingerprint density at radius 3 is 1.79 bits per heavy atom. The van der Waals surface area contributed by atoms with Gasteiger partial charge in [-0.1, -0.05) is 152 Å². The van der Waals surface area contributed by atoms with Gasteiger partial charge in [-0.15, -0.1) is 0 Å². The lowest BCUT2D eigenvalue weighted by atomic mass is 9.92. The third-order valence-electron chi connectivity index (χ3n) is 7.67. The van der Waals surface area contributed by atoms with Crippen LogP contribution in [0.25, 0.3) is 78.2 Å². The molecule has 0 fully saturated rings. The molecule has 9 rings (SSSR count). The van der Waals surface area contributed by atoms with Crippen molar-refractivity contribution in [1.29, 1.82) is 0 Å². The SMILES string of the molecule is [2H]C=C([2H])c1c(-c2c([2H])c([2H])c([2H])c([2H])c2[2H])c([2H])c2c(oc3c([2H])c(N(c4c([2H])c([2H])c(-c5c([2H])c([2H])c([2H])c([2H])c5[2H])c([2H])c4[2H])c4c([2H])c([2H])c(-c5c([2H])c([2H])c([2H])c6c([2H])c([2H])c([2H])c([2H])c56)c([2H])c4[2H])c([2H])c([2H])c32)c1C([2H])=C[2H]. The van der Waals surface area contributed by atoms with Crippen molar-refractivity contribution in [2.75, 3.05) is 4.90 Å². The zero-order valence-electron chi connectivity index (χ0n) is 59.0. The van der Waals surface area contributed by atoms with Crippen LogP contribution in [0.1, 0.15) is 56.4 Å². The molecule has 1 aromatic heterocycles. The molecule has 8 aromatic carbocycles. The Bertz CT molecular complexity index is 4510. The fourth-order valence-electron chi connectivity index (χ4n) is 5.37. The van der Waals surface area contributed by atoms with Gasteiger partial charge in [-0.3, -0.25) is 0 Å². The number of hydrogen-bond acceptors (Lipinski definition) is 2. The van der Waals surface area contributed by atoms with Crippen LogP contribution in [0, 0.1) is 0 Å². The van der Waals surface area contributed by atoms with Gasteiger partial charge in [0.25, 0.3) is 0 Å². The highest BCUT2D eigenvalue weighted by atomic mass is 16.3. The molecule has 0 amide bonds. The molecule has 52 heavy (non-hydrogen) atoms. The van der Waals surface area contributed by atoms with Gasteiger partial charge in [-0.2, -0.15) is 0 Å². The third kappa shape index (κ3) is 5.39. The summed E-state index contributed by atoms with van der Waals surface area (Å²) in [5.74, 6) is 0. The lowest BCUT2D eigenvalue weighted by molar-refractivity contribution is 0.668. The molecular weight excluding hydrogens is 631 g/mol. The van der Waals surface area contributed by atoms with Crippen molar-refractivity contribution in [3.63, 3.8) is 0 Å². The van der Waals surface area contributed by atoms with E-state index in [1.54, 1.807) is 0 Å². The predicted molar refractivity (Wildman–Crippen MR) is 222 cm³/mol. The maximum Gasteiger partial charge on any atom is 0.143 e. The second-order valence-corrected chi connectivity index (χ2v) is 10.6. The molecule has 246 valence electrons. The van der Waals surface area contributed by atoms with E-state index in [1.807, 2.05) is 0 Å². The summed E-state index contributed by atoms with van der Waals surface area (Å²) >= 11 is 0. The minimum atomic E-state index is -1.32. The van der Waals surface area contributed by atoms with E-state index >= 15 is 0 Å². The van der Waals surface area contributed by atoms with Gasteiger partial charge in [0.15, 0.2) is 0 Å². The van der Waals surface area contributed by atoms with Crippen molar-refractivity contribution in [3.8, 4) is 33.4 Å². The number of nitrogens with zero attached hydrogens (tertiary/aromatic N) is 1. The Morgan fingerprint density at radius 1 is 0.481 bits per heavy atom. The number of fused-ring (bicyclic) bond motifs is 4. The Labute approximate surface area is 350 Å². The molecule has 1 heterocycles. The molecule has 0 unspecified atom stereocenters. The smallest absolute Gasteiger partial charge is 0.143 e. The molecule has 0 N–H and O–H groups in total. The summed E-state index contributed by atoms with van der Waals surface area (Å²) in [6, 6.07) is -32.6. The van der Waals surface area contributed by atoms with Crippen LogP contribution >= 0.6 is 0 Å². The fourth-order valence-corrected chi connectivity index (χ4v) is 5.37. The van der Waals surface area contributed by atoms with Crippen LogP contribution in [0.5, 0.6) is 0 Å². The summed E-state index contributed by atoms with van der Waals surface area (Å²) < 4.78 is 300. The van der Waals surface area contributed by atoms with Crippen LogP contribution < -0.4 is 4.90 Å². The Balaban J connectivity index is 1.52. The molecule has 2 heteroatoms. The minimum Gasteiger partial charge on any atom is -0.455 e. The van der Waals surface area contributed by atoms with Crippen LogP contribution in [0.15, 0.2) is 193 Å². The van der Waals surface area contributed by atoms with Crippen LogP contribution in [-0.2, 0) is 0 Å². The number of hydrogen-bond donors (Lipinski definition) is 0. The Kier molecular flexibility index (Phi) is 2.98. The molecule has 0 atom stereocenters. The zero-order chi connectivity index (χ0) is 63.4. The van der Waals surface area contributed by atoms with E-state index in [4.69, 9.17) is 33.2 Å². The van der Waals surface area contributed by atoms with Crippen LogP contribution in [0.3, 0.4) is 0 Å². The molecule has 0 aliphatic heterocycles. The second kappa shape index (κ2) is 13.1. The van der Waals surface area contributed by atoms with Crippen molar-refractivity contribution >= 4 is 61.9 Å². The molecule has 0 aliphatic carbocycles. The lowest BCUT2D eigenvalue weighted by Gasteiger charge is -2.26. The first-order valence-corrected chi connectivity index (χ1v) is 14.9. The first-order valence-electron chi connectivity index (χ1n) is 31.6. The van der Waals surface area contributed by atoms with Crippen molar-refractivity contribution < 1.29 is 49.7 Å². The molecule has 2 nitrogen and oxygen atoms in total. The van der Waals surface area contributed by atoms with Gasteiger partial charge in [0.2, 0.25) is 0 Å². The molecular formula is C50H35NO. The Hall–Kier alpha value is -6.90. The molecule has 0 radical (unpaired) electrons. The van der Waals surface area contributed by atoms with Crippen molar-refractivity contribution in [3.05, 3.63) is 199 Å². The van der Waals surface area contributed by atoms with Gasteiger partial charge >= 0.3 is 0 Å². The van der Waals surface area contributed by atoms with E-state index in [2.05, 4.69) is 0 Å².